The summed E-state index contributed by atoms with van der Waals surface area (Å²) in [5.41, 5.74) is 2.37. The van der Waals surface area contributed by atoms with Crippen molar-refractivity contribution in [1.82, 2.24) is 0 Å². The molecular formula is C14H18O3. The molecule has 0 amide bonds. The zero-order valence-electron chi connectivity index (χ0n) is 9.85. The molecule has 0 aromatic heterocycles. The van der Waals surface area contributed by atoms with Crippen LogP contribution < -0.4 is 0 Å². The number of aliphatic hydroxyl groups is 1. The number of aliphatic carboxylic acids is 1. The van der Waals surface area contributed by atoms with Crippen LogP contribution in [-0.2, 0) is 16.6 Å². The number of carboxylic acids is 1. The predicted molar refractivity (Wildman–Crippen MR) is 65.0 cm³/mol. The van der Waals surface area contributed by atoms with E-state index in [1.54, 1.807) is 0 Å². The van der Waals surface area contributed by atoms with Gasteiger partial charge >= 0.3 is 5.97 Å². The Morgan fingerprint density at radius 3 is 2.71 bits per heavy atom. The Morgan fingerprint density at radius 2 is 2.12 bits per heavy atom. The molecule has 2 rings (SSSR count). The second-order valence-electron chi connectivity index (χ2n) is 4.89. The smallest absolute Gasteiger partial charge is 0.303 e. The topological polar surface area (TPSA) is 57.5 Å². The van der Waals surface area contributed by atoms with Crippen LogP contribution in [0.15, 0.2) is 24.3 Å². The summed E-state index contributed by atoms with van der Waals surface area (Å²) in [6.45, 7) is 0.214. The maximum Gasteiger partial charge on any atom is 0.303 e. The standard InChI is InChI=1S/C14H18O3/c15-10-14(7-8-14)12-5-1-3-11(9-12)4-2-6-13(16)17/h1,3,5,9,15H,2,4,6-8,10H2,(H,16,17). The summed E-state index contributed by atoms with van der Waals surface area (Å²) in [6.07, 6.45) is 3.80. The second kappa shape index (κ2) is 4.88. The summed E-state index contributed by atoms with van der Waals surface area (Å²) in [4.78, 5) is 10.4. The van der Waals surface area contributed by atoms with E-state index in [4.69, 9.17) is 5.11 Å². The molecule has 3 nitrogen and oxygen atoms in total. The maximum atomic E-state index is 10.4. The SMILES string of the molecule is O=C(O)CCCc1cccc(C2(CO)CC2)c1. The fourth-order valence-corrected chi connectivity index (χ4v) is 2.19. The van der Waals surface area contributed by atoms with Gasteiger partial charge in [-0.1, -0.05) is 24.3 Å². The highest BCUT2D eigenvalue weighted by Crippen LogP contribution is 2.47. The largest absolute Gasteiger partial charge is 0.481 e. The first kappa shape index (κ1) is 12.1. The molecule has 1 aromatic carbocycles. The summed E-state index contributed by atoms with van der Waals surface area (Å²) >= 11 is 0. The van der Waals surface area contributed by atoms with Crippen molar-refractivity contribution in [2.75, 3.05) is 6.61 Å². The number of hydrogen-bond acceptors (Lipinski definition) is 2. The highest BCUT2D eigenvalue weighted by atomic mass is 16.4. The van der Waals surface area contributed by atoms with E-state index in [0.717, 1.165) is 19.3 Å². The molecule has 0 spiro atoms. The molecule has 0 radical (unpaired) electrons. The van der Waals surface area contributed by atoms with Crippen LogP contribution in [0, 0.1) is 0 Å². The Morgan fingerprint density at radius 1 is 1.35 bits per heavy atom. The lowest BCUT2D eigenvalue weighted by Gasteiger charge is -2.13. The van der Waals surface area contributed by atoms with Crippen molar-refractivity contribution in [3.63, 3.8) is 0 Å². The Balaban J connectivity index is 1.99. The van der Waals surface area contributed by atoms with Gasteiger partial charge in [0.2, 0.25) is 0 Å². The first-order chi connectivity index (χ1) is 8.16. The lowest BCUT2D eigenvalue weighted by molar-refractivity contribution is -0.137. The van der Waals surface area contributed by atoms with E-state index in [9.17, 15) is 9.90 Å². The van der Waals surface area contributed by atoms with Gasteiger partial charge in [-0.3, -0.25) is 4.79 Å². The van der Waals surface area contributed by atoms with Crippen LogP contribution in [-0.4, -0.2) is 22.8 Å². The number of aryl methyl sites for hydroxylation is 1. The molecule has 2 N–H and O–H groups in total. The van der Waals surface area contributed by atoms with Crippen molar-refractivity contribution in [3.05, 3.63) is 35.4 Å². The van der Waals surface area contributed by atoms with Gasteiger partial charge in [0.15, 0.2) is 0 Å². The third-order valence-corrected chi connectivity index (χ3v) is 3.55. The van der Waals surface area contributed by atoms with Gasteiger partial charge in [0.05, 0.1) is 6.61 Å². The summed E-state index contributed by atoms with van der Waals surface area (Å²) in [7, 11) is 0. The monoisotopic (exact) mass is 234 g/mol. The van der Waals surface area contributed by atoms with Gasteiger partial charge in [0.25, 0.3) is 0 Å². The molecule has 92 valence electrons. The first-order valence-electron chi connectivity index (χ1n) is 6.08. The van der Waals surface area contributed by atoms with Gasteiger partial charge < -0.3 is 10.2 Å². The molecule has 1 aliphatic carbocycles. The molecule has 0 unspecified atom stereocenters. The normalized spacial score (nSPS) is 16.8. The molecule has 0 aliphatic heterocycles. The van der Waals surface area contributed by atoms with E-state index in [0.29, 0.717) is 6.42 Å². The second-order valence-corrected chi connectivity index (χ2v) is 4.89. The minimum absolute atomic E-state index is 0.00279. The van der Waals surface area contributed by atoms with Crippen molar-refractivity contribution in [2.24, 2.45) is 0 Å². The first-order valence-corrected chi connectivity index (χ1v) is 6.08. The Labute approximate surface area is 101 Å². The summed E-state index contributed by atoms with van der Waals surface area (Å²) < 4.78 is 0. The van der Waals surface area contributed by atoms with Crippen molar-refractivity contribution in [3.8, 4) is 0 Å². The predicted octanol–water partition coefficient (Wildman–Crippen LogP) is 2.12. The highest BCUT2D eigenvalue weighted by molar-refractivity contribution is 5.66. The average Bonchev–Trinajstić information content (AvgIpc) is 3.10. The van der Waals surface area contributed by atoms with Crippen LogP contribution in [0.4, 0.5) is 0 Å². The van der Waals surface area contributed by atoms with Crippen LogP contribution in [0.2, 0.25) is 0 Å². The van der Waals surface area contributed by atoms with Crippen LogP contribution >= 0.6 is 0 Å². The van der Waals surface area contributed by atoms with E-state index >= 15 is 0 Å². The van der Waals surface area contributed by atoms with E-state index in [1.165, 1.54) is 11.1 Å². The van der Waals surface area contributed by atoms with Gasteiger partial charge in [-0.25, -0.2) is 0 Å². The van der Waals surface area contributed by atoms with E-state index in [1.807, 2.05) is 12.1 Å². The molecule has 1 saturated carbocycles. The molecule has 0 atom stereocenters. The molecule has 0 saturated heterocycles. The third kappa shape index (κ3) is 2.86. The summed E-state index contributed by atoms with van der Waals surface area (Å²) in [6, 6.07) is 8.20. The number of carbonyl (C=O) groups is 1. The molecule has 1 aliphatic rings. The van der Waals surface area contributed by atoms with E-state index in [2.05, 4.69) is 12.1 Å². The fraction of sp³-hybridized carbons (Fsp3) is 0.500. The number of carboxylic acid groups (broad SMARTS) is 1. The Bertz CT molecular complexity index is 408. The molecule has 0 heterocycles. The number of hydrogen-bond donors (Lipinski definition) is 2. The van der Waals surface area contributed by atoms with Crippen LogP contribution in [0.1, 0.15) is 36.8 Å². The average molecular weight is 234 g/mol. The van der Waals surface area contributed by atoms with Crippen LogP contribution in [0.3, 0.4) is 0 Å². The molecule has 1 fully saturated rings. The fourth-order valence-electron chi connectivity index (χ4n) is 2.19. The Hall–Kier alpha value is -1.35. The van der Waals surface area contributed by atoms with Crippen LogP contribution in [0.5, 0.6) is 0 Å². The maximum absolute atomic E-state index is 10.4. The van der Waals surface area contributed by atoms with Crippen LogP contribution in [0.25, 0.3) is 0 Å². The highest BCUT2D eigenvalue weighted by Gasteiger charge is 2.43. The van der Waals surface area contributed by atoms with E-state index < -0.39 is 5.97 Å². The van der Waals surface area contributed by atoms with Crippen molar-refractivity contribution < 1.29 is 15.0 Å². The number of rotatable bonds is 6. The van der Waals surface area contributed by atoms with Crippen molar-refractivity contribution >= 4 is 5.97 Å². The summed E-state index contributed by atoms with van der Waals surface area (Å²) in [5, 5.41) is 18.0. The van der Waals surface area contributed by atoms with E-state index in [-0.39, 0.29) is 18.4 Å². The van der Waals surface area contributed by atoms with Gasteiger partial charge in [-0.05, 0) is 36.8 Å². The zero-order chi connectivity index (χ0) is 12.3. The number of benzene rings is 1. The lowest BCUT2D eigenvalue weighted by Crippen LogP contribution is -2.12. The molecule has 1 aromatic rings. The molecular weight excluding hydrogens is 216 g/mol. The summed E-state index contributed by atoms with van der Waals surface area (Å²) in [5.74, 6) is -0.741. The lowest BCUT2D eigenvalue weighted by atomic mass is 9.94. The van der Waals surface area contributed by atoms with Gasteiger partial charge in [-0.2, -0.15) is 0 Å². The van der Waals surface area contributed by atoms with Gasteiger partial charge in [-0.15, -0.1) is 0 Å². The van der Waals surface area contributed by atoms with Crippen molar-refractivity contribution in [1.29, 1.82) is 0 Å². The molecule has 17 heavy (non-hydrogen) atoms. The quantitative estimate of drug-likeness (QED) is 0.792. The third-order valence-electron chi connectivity index (χ3n) is 3.55. The van der Waals surface area contributed by atoms with Crippen molar-refractivity contribution in [2.45, 2.75) is 37.5 Å². The minimum Gasteiger partial charge on any atom is -0.481 e. The van der Waals surface area contributed by atoms with Gasteiger partial charge in [0, 0.05) is 11.8 Å². The number of aliphatic hydroxyl groups excluding tert-OH is 1. The molecule has 3 heteroatoms. The molecule has 0 bridgehead atoms. The minimum atomic E-state index is -0.741. The zero-order valence-corrected chi connectivity index (χ0v) is 9.85. The Kier molecular flexibility index (Phi) is 3.48. The van der Waals surface area contributed by atoms with Gasteiger partial charge in [0.1, 0.15) is 0 Å².